The first kappa shape index (κ1) is 17.2. The molecule has 1 N–H and O–H groups in total. The van der Waals surface area contributed by atoms with E-state index in [0.29, 0.717) is 12.1 Å². The Bertz CT molecular complexity index is 1140. The van der Waals surface area contributed by atoms with Crippen LogP contribution in [0.25, 0.3) is 10.2 Å². The Balaban J connectivity index is 1.85. The van der Waals surface area contributed by atoms with Crippen molar-refractivity contribution in [1.29, 1.82) is 0 Å². The molecule has 0 saturated heterocycles. The zero-order chi connectivity index (χ0) is 18.8. The number of nitrogens with one attached hydrogen (secondary N) is 1. The lowest BCUT2D eigenvalue weighted by Gasteiger charge is -2.15. The monoisotopic (exact) mass is 379 g/mol. The standard InChI is InChI=1S/C20H17N3O3S/c1-13(24)17-18(26-12-14-5-3-2-4-6-14)20(25)23(11-15-9-21-22-10-15)16-7-8-27-19(16)17/h2-10H,11-12H2,1H3,(H,21,22). The van der Waals surface area contributed by atoms with Gasteiger partial charge in [0, 0.05) is 11.8 Å². The molecule has 0 unspecified atom stereocenters. The molecule has 4 aromatic rings. The Hall–Kier alpha value is -3.19. The molecule has 0 spiro atoms. The molecule has 4 rings (SSSR count). The molecule has 0 amide bonds. The smallest absolute Gasteiger partial charge is 0.294 e. The van der Waals surface area contributed by atoms with Crippen LogP contribution in [0.5, 0.6) is 5.75 Å². The minimum Gasteiger partial charge on any atom is -0.482 e. The van der Waals surface area contributed by atoms with Crippen molar-refractivity contribution >= 4 is 27.3 Å². The number of pyridine rings is 1. The average Bonchev–Trinajstić information content (AvgIpc) is 3.34. The fraction of sp³-hybridized carbons (Fsp3) is 0.150. The molecule has 3 aromatic heterocycles. The fourth-order valence-corrected chi connectivity index (χ4v) is 4.02. The summed E-state index contributed by atoms with van der Waals surface area (Å²) >= 11 is 1.43. The van der Waals surface area contributed by atoms with E-state index in [1.54, 1.807) is 17.0 Å². The van der Waals surface area contributed by atoms with E-state index in [1.165, 1.54) is 18.3 Å². The Morgan fingerprint density at radius 2 is 2.04 bits per heavy atom. The topological polar surface area (TPSA) is 77.0 Å². The number of ether oxygens (including phenoxy) is 1. The van der Waals surface area contributed by atoms with Crippen LogP contribution in [0.15, 0.2) is 59.0 Å². The molecular formula is C20H17N3O3S. The third-order valence-corrected chi connectivity index (χ3v) is 5.22. The first-order chi connectivity index (χ1) is 13.1. The van der Waals surface area contributed by atoms with Gasteiger partial charge in [-0.15, -0.1) is 11.3 Å². The predicted octanol–water partition coefficient (Wildman–Crippen LogP) is 3.62. The van der Waals surface area contributed by atoms with Crippen molar-refractivity contribution in [2.45, 2.75) is 20.1 Å². The lowest BCUT2D eigenvalue weighted by atomic mass is 10.1. The first-order valence-corrected chi connectivity index (χ1v) is 9.32. The van der Waals surface area contributed by atoms with E-state index in [2.05, 4.69) is 10.2 Å². The molecule has 0 atom stereocenters. The summed E-state index contributed by atoms with van der Waals surface area (Å²) in [6.45, 7) is 2.03. The molecule has 0 saturated carbocycles. The zero-order valence-corrected chi connectivity index (χ0v) is 15.5. The number of aromatic amines is 1. The van der Waals surface area contributed by atoms with Crippen LogP contribution in [0.2, 0.25) is 0 Å². The maximum atomic E-state index is 13.2. The minimum atomic E-state index is -0.316. The van der Waals surface area contributed by atoms with Crippen molar-refractivity contribution in [2.24, 2.45) is 0 Å². The van der Waals surface area contributed by atoms with Gasteiger partial charge in [-0.25, -0.2) is 0 Å². The third kappa shape index (κ3) is 3.29. The highest BCUT2D eigenvalue weighted by molar-refractivity contribution is 7.17. The van der Waals surface area contributed by atoms with Gasteiger partial charge in [-0.2, -0.15) is 5.10 Å². The van der Waals surface area contributed by atoms with Gasteiger partial charge in [0.25, 0.3) is 5.56 Å². The van der Waals surface area contributed by atoms with Crippen LogP contribution in [-0.4, -0.2) is 20.5 Å². The van der Waals surface area contributed by atoms with Crippen molar-refractivity contribution < 1.29 is 9.53 Å². The number of thiophene rings is 1. The summed E-state index contributed by atoms with van der Waals surface area (Å²) in [5.74, 6) is -0.0807. The van der Waals surface area contributed by atoms with E-state index in [1.807, 2.05) is 41.8 Å². The lowest BCUT2D eigenvalue weighted by Crippen LogP contribution is -2.25. The number of Topliss-reactive ketones (excluding diaryl/α,β-unsaturated/α-hetero) is 1. The van der Waals surface area contributed by atoms with Crippen molar-refractivity contribution in [3.63, 3.8) is 0 Å². The summed E-state index contributed by atoms with van der Waals surface area (Å²) in [6, 6.07) is 11.4. The maximum absolute atomic E-state index is 13.2. The maximum Gasteiger partial charge on any atom is 0.294 e. The van der Waals surface area contributed by atoms with Crippen molar-refractivity contribution in [1.82, 2.24) is 14.8 Å². The number of hydrogen-bond donors (Lipinski definition) is 1. The second-order valence-corrected chi connectivity index (χ2v) is 7.08. The van der Waals surface area contributed by atoms with E-state index in [0.717, 1.165) is 21.3 Å². The van der Waals surface area contributed by atoms with Crippen LogP contribution >= 0.6 is 11.3 Å². The van der Waals surface area contributed by atoms with Crippen LogP contribution in [-0.2, 0) is 13.2 Å². The summed E-state index contributed by atoms with van der Waals surface area (Å²) in [5, 5.41) is 8.57. The van der Waals surface area contributed by atoms with Crippen LogP contribution < -0.4 is 10.3 Å². The Morgan fingerprint density at radius 1 is 1.22 bits per heavy atom. The second kappa shape index (κ2) is 7.20. The number of carbonyl (C=O) groups excluding carboxylic acids is 1. The van der Waals surface area contributed by atoms with E-state index < -0.39 is 0 Å². The van der Waals surface area contributed by atoms with Gasteiger partial charge >= 0.3 is 0 Å². The molecule has 0 radical (unpaired) electrons. The van der Waals surface area contributed by atoms with Gasteiger partial charge in [0.15, 0.2) is 11.5 Å². The molecule has 0 bridgehead atoms. The summed E-state index contributed by atoms with van der Waals surface area (Å²) in [5.41, 5.74) is 2.56. The fourth-order valence-electron chi connectivity index (χ4n) is 3.03. The Labute approximate surface area is 159 Å². The molecule has 27 heavy (non-hydrogen) atoms. The molecule has 3 heterocycles. The number of ketones is 1. The van der Waals surface area contributed by atoms with Crippen LogP contribution in [0.1, 0.15) is 28.4 Å². The number of carbonyl (C=O) groups is 1. The molecule has 7 heteroatoms. The van der Waals surface area contributed by atoms with E-state index in [-0.39, 0.29) is 23.7 Å². The highest BCUT2D eigenvalue weighted by Crippen LogP contribution is 2.30. The summed E-state index contributed by atoms with van der Waals surface area (Å²) in [7, 11) is 0. The molecule has 6 nitrogen and oxygen atoms in total. The summed E-state index contributed by atoms with van der Waals surface area (Å²) in [6.07, 6.45) is 3.42. The summed E-state index contributed by atoms with van der Waals surface area (Å²) < 4.78 is 8.27. The van der Waals surface area contributed by atoms with E-state index in [4.69, 9.17) is 4.74 Å². The molecule has 1 aromatic carbocycles. The largest absolute Gasteiger partial charge is 0.482 e. The quantitative estimate of drug-likeness (QED) is 0.519. The number of hydrogen-bond acceptors (Lipinski definition) is 5. The predicted molar refractivity (Wildman–Crippen MR) is 105 cm³/mol. The van der Waals surface area contributed by atoms with Gasteiger partial charge in [0.2, 0.25) is 0 Å². The van der Waals surface area contributed by atoms with Gasteiger partial charge < -0.3 is 4.74 Å². The SMILES string of the molecule is CC(=O)c1c(OCc2ccccc2)c(=O)n(Cc2cn[nH]c2)c2ccsc12. The van der Waals surface area contributed by atoms with Gasteiger partial charge in [-0.05, 0) is 23.9 Å². The van der Waals surface area contributed by atoms with Crippen molar-refractivity contribution in [3.05, 3.63) is 81.2 Å². The lowest BCUT2D eigenvalue weighted by molar-refractivity contribution is 0.101. The second-order valence-electron chi connectivity index (χ2n) is 6.17. The normalized spacial score (nSPS) is 11.0. The van der Waals surface area contributed by atoms with Gasteiger partial charge in [0.1, 0.15) is 6.61 Å². The van der Waals surface area contributed by atoms with E-state index >= 15 is 0 Å². The van der Waals surface area contributed by atoms with Crippen LogP contribution in [0.4, 0.5) is 0 Å². The van der Waals surface area contributed by atoms with Gasteiger partial charge in [-0.3, -0.25) is 19.3 Å². The van der Waals surface area contributed by atoms with Crippen LogP contribution in [0, 0.1) is 0 Å². The van der Waals surface area contributed by atoms with Gasteiger partial charge in [0.05, 0.1) is 28.5 Å². The molecule has 0 fully saturated rings. The number of fused-ring (bicyclic) bond motifs is 1. The van der Waals surface area contributed by atoms with Crippen LogP contribution in [0.3, 0.4) is 0 Å². The highest BCUT2D eigenvalue weighted by atomic mass is 32.1. The molecule has 0 aliphatic carbocycles. The first-order valence-electron chi connectivity index (χ1n) is 8.44. The summed E-state index contributed by atoms with van der Waals surface area (Å²) in [4.78, 5) is 25.5. The molecule has 0 aliphatic heterocycles. The minimum absolute atomic E-state index is 0.102. The van der Waals surface area contributed by atoms with Crippen molar-refractivity contribution in [3.8, 4) is 5.75 Å². The number of nitrogens with zero attached hydrogens (tertiary/aromatic N) is 2. The average molecular weight is 379 g/mol. The van der Waals surface area contributed by atoms with Crippen molar-refractivity contribution in [2.75, 3.05) is 0 Å². The third-order valence-electron chi connectivity index (χ3n) is 4.30. The molecule has 0 aliphatic rings. The van der Waals surface area contributed by atoms with E-state index in [9.17, 15) is 9.59 Å². The number of H-pyrrole nitrogens is 1. The zero-order valence-electron chi connectivity index (χ0n) is 14.6. The number of benzene rings is 1. The Kier molecular flexibility index (Phi) is 4.60. The molecule has 136 valence electrons. The number of aromatic nitrogens is 3. The highest BCUT2D eigenvalue weighted by Gasteiger charge is 2.22. The van der Waals surface area contributed by atoms with Gasteiger partial charge in [-0.1, -0.05) is 30.3 Å². The Morgan fingerprint density at radius 3 is 2.74 bits per heavy atom. The molecular weight excluding hydrogens is 362 g/mol. The number of rotatable bonds is 6.